The first-order valence-electron chi connectivity index (χ1n) is 7.68. The molecule has 0 aliphatic rings. The minimum absolute atomic E-state index is 0.0112. The topological polar surface area (TPSA) is 71.3 Å². The Morgan fingerprint density at radius 1 is 1.12 bits per heavy atom. The molecule has 24 heavy (non-hydrogen) atoms. The van der Waals surface area contributed by atoms with Crippen molar-refractivity contribution in [2.24, 2.45) is 0 Å². The van der Waals surface area contributed by atoms with Crippen molar-refractivity contribution in [2.75, 3.05) is 11.1 Å². The second-order valence-electron chi connectivity index (χ2n) is 6.26. The fraction of sp³-hybridized carbons (Fsp3) is 0.333. The van der Waals surface area contributed by atoms with Crippen molar-refractivity contribution in [2.45, 2.75) is 32.1 Å². The van der Waals surface area contributed by atoms with Crippen LogP contribution in [0.25, 0.3) is 0 Å². The maximum absolute atomic E-state index is 12.4. The van der Waals surface area contributed by atoms with Gasteiger partial charge < -0.3 is 15.1 Å². The molecule has 0 bridgehead atoms. The highest BCUT2D eigenvalue weighted by Gasteiger charge is 2.16. The van der Waals surface area contributed by atoms with Crippen molar-refractivity contribution in [3.63, 3.8) is 0 Å². The van der Waals surface area contributed by atoms with Crippen molar-refractivity contribution >= 4 is 29.3 Å². The predicted octanol–water partition coefficient (Wildman–Crippen LogP) is 3.68. The lowest BCUT2D eigenvalue weighted by Crippen LogP contribution is -2.25. The summed E-state index contributed by atoms with van der Waals surface area (Å²) in [5, 5.41) is 5.60. The van der Waals surface area contributed by atoms with Gasteiger partial charge in [0.05, 0.1) is 29.8 Å². The SMILES string of the molecule is CC(C)(C)SCC(=O)Nc1ccccc1C(=O)NCc1ccco1. The molecule has 6 heteroatoms. The van der Waals surface area contributed by atoms with Gasteiger partial charge in [-0.15, -0.1) is 11.8 Å². The molecule has 1 aromatic heterocycles. The third kappa shape index (κ3) is 5.77. The van der Waals surface area contributed by atoms with Crippen LogP contribution in [0.3, 0.4) is 0 Å². The van der Waals surface area contributed by atoms with Crippen molar-refractivity contribution in [1.82, 2.24) is 5.32 Å². The van der Waals surface area contributed by atoms with Gasteiger partial charge in [-0.1, -0.05) is 32.9 Å². The maximum atomic E-state index is 12.4. The predicted molar refractivity (Wildman–Crippen MR) is 97.2 cm³/mol. The second-order valence-corrected chi connectivity index (χ2v) is 8.06. The zero-order chi connectivity index (χ0) is 17.6. The monoisotopic (exact) mass is 346 g/mol. The minimum Gasteiger partial charge on any atom is -0.467 e. The maximum Gasteiger partial charge on any atom is 0.253 e. The van der Waals surface area contributed by atoms with Gasteiger partial charge in [-0.2, -0.15) is 0 Å². The summed E-state index contributed by atoms with van der Waals surface area (Å²) in [6, 6.07) is 10.5. The highest BCUT2D eigenvalue weighted by atomic mass is 32.2. The van der Waals surface area contributed by atoms with E-state index in [-0.39, 0.29) is 16.6 Å². The molecule has 5 nitrogen and oxygen atoms in total. The molecule has 0 unspecified atom stereocenters. The molecule has 0 atom stereocenters. The molecule has 128 valence electrons. The second kappa shape index (κ2) is 8.06. The van der Waals surface area contributed by atoms with Crippen LogP contribution in [0.2, 0.25) is 0 Å². The Labute approximate surface area is 146 Å². The Hall–Kier alpha value is -2.21. The van der Waals surface area contributed by atoms with E-state index in [2.05, 4.69) is 31.4 Å². The molecular formula is C18H22N2O3S. The molecule has 1 heterocycles. The van der Waals surface area contributed by atoms with Gasteiger partial charge in [-0.05, 0) is 24.3 Å². The van der Waals surface area contributed by atoms with Gasteiger partial charge in [0.15, 0.2) is 0 Å². The first kappa shape index (κ1) is 18.1. The van der Waals surface area contributed by atoms with Gasteiger partial charge in [0.25, 0.3) is 5.91 Å². The van der Waals surface area contributed by atoms with Crippen LogP contribution in [0.4, 0.5) is 5.69 Å². The van der Waals surface area contributed by atoms with Gasteiger partial charge in [0.1, 0.15) is 5.76 Å². The first-order chi connectivity index (χ1) is 11.3. The molecule has 0 fully saturated rings. The van der Waals surface area contributed by atoms with Crippen molar-refractivity contribution in [3.8, 4) is 0 Å². The summed E-state index contributed by atoms with van der Waals surface area (Å²) < 4.78 is 5.20. The summed E-state index contributed by atoms with van der Waals surface area (Å²) >= 11 is 1.56. The molecule has 0 aliphatic carbocycles. The van der Waals surface area contributed by atoms with E-state index in [1.807, 2.05) is 0 Å². The van der Waals surface area contributed by atoms with Crippen LogP contribution in [0.1, 0.15) is 36.9 Å². The average Bonchev–Trinajstić information content (AvgIpc) is 3.04. The highest BCUT2D eigenvalue weighted by molar-refractivity contribution is 8.01. The molecule has 0 radical (unpaired) electrons. The van der Waals surface area contributed by atoms with Gasteiger partial charge in [0.2, 0.25) is 5.91 Å². The van der Waals surface area contributed by atoms with Gasteiger partial charge in [0, 0.05) is 4.75 Å². The number of nitrogens with one attached hydrogen (secondary N) is 2. The normalized spacial score (nSPS) is 11.1. The zero-order valence-corrected chi connectivity index (χ0v) is 14.9. The Morgan fingerprint density at radius 2 is 1.88 bits per heavy atom. The Kier molecular flexibility index (Phi) is 6.09. The number of benzene rings is 1. The lowest BCUT2D eigenvalue weighted by atomic mass is 10.1. The summed E-state index contributed by atoms with van der Waals surface area (Å²) in [6.45, 7) is 6.47. The van der Waals surface area contributed by atoms with Gasteiger partial charge in [-0.25, -0.2) is 0 Å². The first-order valence-corrected chi connectivity index (χ1v) is 8.67. The third-order valence-electron chi connectivity index (χ3n) is 3.09. The summed E-state index contributed by atoms with van der Waals surface area (Å²) in [7, 11) is 0. The van der Waals surface area contributed by atoms with Crippen molar-refractivity contribution in [1.29, 1.82) is 0 Å². The Morgan fingerprint density at radius 3 is 2.54 bits per heavy atom. The molecule has 2 N–H and O–H groups in total. The number of carbonyl (C=O) groups is 2. The standard InChI is InChI=1S/C18H22N2O3S/c1-18(2,3)24-12-16(21)20-15-9-5-4-8-14(15)17(22)19-11-13-7-6-10-23-13/h4-10H,11-12H2,1-3H3,(H,19,22)(H,20,21). The molecule has 0 saturated carbocycles. The lowest BCUT2D eigenvalue weighted by molar-refractivity contribution is -0.113. The molecule has 2 amide bonds. The summed E-state index contributed by atoms with van der Waals surface area (Å²) in [6.07, 6.45) is 1.56. The van der Waals surface area contributed by atoms with E-state index in [1.54, 1.807) is 54.4 Å². The molecule has 2 rings (SSSR count). The smallest absolute Gasteiger partial charge is 0.253 e. The van der Waals surface area contributed by atoms with Crippen molar-refractivity contribution in [3.05, 3.63) is 54.0 Å². The van der Waals surface area contributed by atoms with E-state index >= 15 is 0 Å². The molecule has 2 aromatic rings. The average molecular weight is 346 g/mol. The number of furan rings is 1. The molecular weight excluding hydrogens is 324 g/mol. The van der Waals surface area contributed by atoms with Crippen LogP contribution in [-0.2, 0) is 11.3 Å². The van der Waals surface area contributed by atoms with Gasteiger partial charge >= 0.3 is 0 Å². The summed E-state index contributed by atoms with van der Waals surface area (Å²) in [4.78, 5) is 24.4. The van der Waals surface area contributed by atoms with Crippen LogP contribution in [0, 0.1) is 0 Å². The summed E-state index contributed by atoms with van der Waals surface area (Å²) in [5.74, 6) is 0.629. The summed E-state index contributed by atoms with van der Waals surface area (Å²) in [5.41, 5.74) is 0.937. The molecule has 0 aliphatic heterocycles. The number of carbonyl (C=O) groups excluding carboxylic acids is 2. The quantitative estimate of drug-likeness (QED) is 0.837. The van der Waals surface area contributed by atoms with E-state index in [9.17, 15) is 9.59 Å². The number of hydrogen-bond acceptors (Lipinski definition) is 4. The van der Waals surface area contributed by atoms with Crippen LogP contribution in [0.15, 0.2) is 47.1 Å². The highest BCUT2D eigenvalue weighted by Crippen LogP contribution is 2.23. The Bertz CT molecular complexity index is 691. The zero-order valence-electron chi connectivity index (χ0n) is 14.1. The van der Waals surface area contributed by atoms with E-state index < -0.39 is 0 Å². The Balaban J connectivity index is 1.98. The number of hydrogen-bond donors (Lipinski definition) is 2. The van der Waals surface area contributed by atoms with E-state index in [0.717, 1.165) is 0 Å². The lowest BCUT2D eigenvalue weighted by Gasteiger charge is -2.17. The van der Waals surface area contributed by atoms with Crippen LogP contribution in [0.5, 0.6) is 0 Å². The number of thioether (sulfide) groups is 1. The van der Waals surface area contributed by atoms with Crippen LogP contribution >= 0.6 is 11.8 Å². The van der Waals surface area contributed by atoms with Crippen LogP contribution < -0.4 is 10.6 Å². The molecule has 0 saturated heterocycles. The molecule has 1 aromatic carbocycles. The van der Waals surface area contributed by atoms with E-state index in [4.69, 9.17) is 4.42 Å². The fourth-order valence-corrected chi connectivity index (χ4v) is 2.57. The van der Waals surface area contributed by atoms with E-state index in [1.165, 1.54) is 0 Å². The number of para-hydroxylation sites is 1. The third-order valence-corrected chi connectivity index (χ3v) is 4.36. The van der Waals surface area contributed by atoms with Crippen molar-refractivity contribution < 1.29 is 14.0 Å². The number of rotatable bonds is 6. The molecule has 0 spiro atoms. The number of anilines is 1. The minimum atomic E-state index is -0.259. The van der Waals surface area contributed by atoms with E-state index in [0.29, 0.717) is 29.3 Å². The largest absolute Gasteiger partial charge is 0.467 e. The fourth-order valence-electron chi connectivity index (χ4n) is 1.93. The van der Waals surface area contributed by atoms with Gasteiger partial charge in [-0.3, -0.25) is 9.59 Å². The number of amides is 2. The van der Waals surface area contributed by atoms with Crippen LogP contribution in [-0.4, -0.2) is 22.3 Å².